The van der Waals surface area contributed by atoms with Crippen LogP contribution >= 0.6 is 0 Å². The fourth-order valence-corrected chi connectivity index (χ4v) is 0.747. The highest BCUT2D eigenvalue weighted by molar-refractivity contribution is 5.79. The summed E-state index contributed by atoms with van der Waals surface area (Å²) < 4.78 is 12.5. The van der Waals surface area contributed by atoms with Gasteiger partial charge in [0.05, 0.1) is 5.69 Å². The number of hydrogen-bond donors (Lipinski definition) is 1. The van der Waals surface area contributed by atoms with E-state index in [9.17, 15) is 4.39 Å². The number of halogens is 1. The summed E-state index contributed by atoms with van der Waals surface area (Å²) in [5.41, 5.74) is 6.82. The largest absolute Gasteiger partial charge is 0.404 e. The highest BCUT2D eigenvalue weighted by Crippen LogP contribution is 2.11. The van der Waals surface area contributed by atoms with Gasteiger partial charge in [-0.15, -0.1) is 0 Å². The van der Waals surface area contributed by atoms with Crippen molar-refractivity contribution < 1.29 is 4.39 Å². The van der Waals surface area contributed by atoms with Gasteiger partial charge in [0.15, 0.2) is 0 Å². The predicted molar refractivity (Wildman–Crippen MR) is 52.5 cm³/mol. The molecule has 0 aliphatic carbocycles. The van der Waals surface area contributed by atoms with E-state index in [4.69, 9.17) is 5.73 Å². The zero-order valence-electron chi connectivity index (χ0n) is 7.37. The van der Waals surface area contributed by atoms with E-state index in [1.54, 1.807) is 18.3 Å². The van der Waals surface area contributed by atoms with Gasteiger partial charge in [0.25, 0.3) is 0 Å². The van der Waals surface area contributed by atoms with E-state index in [-0.39, 0.29) is 5.82 Å². The van der Waals surface area contributed by atoms with Gasteiger partial charge in [-0.2, -0.15) is 0 Å². The standard InChI is InChI=1S/C10H11FN2/c1-8(6-12)7-13-10-4-2-9(11)3-5-10/h2-7H,12H2,1H3. The molecule has 0 unspecified atom stereocenters. The summed E-state index contributed by atoms with van der Waals surface area (Å²) >= 11 is 0. The second-order valence-electron chi connectivity index (χ2n) is 2.65. The summed E-state index contributed by atoms with van der Waals surface area (Å²) in [6.45, 7) is 1.84. The molecule has 0 saturated carbocycles. The molecule has 0 spiro atoms. The van der Waals surface area contributed by atoms with E-state index in [1.165, 1.54) is 18.3 Å². The maximum atomic E-state index is 12.5. The molecule has 1 aromatic carbocycles. The van der Waals surface area contributed by atoms with E-state index >= 15 is 0 Å². The van der Waals surface area contributed by atoms with E-state index in [0.29, 0.717) is 5.69 Å². The zero-order chi connectivity index (χ0) is 9.68. The molecule has 0 amide bonds. The van der Waals surface area contributed by atoms with Gasteiger partial charge in [0.2, 0.25) is 0 Å². The van der Waals surface area contributed by atoms with Gasteiger partial charge >= 0.3 is 0 Å². The summed E-state index contributed by atoms with van der Waals surface area (Å²) in [4.78, 5) is 4.08. The lowest BCUT2D eigenvalue weighted by Gasteiger charge is -1.92. The van der Waals surface area contributed by atoms with Gasteiger partial charge in [-0.1, -0.05) is 0 Å². The van der Waals surface area contributed by atoms with Crippen molar-refractivity contribution in [2.45, 2.75) is 6.92 Å². The molecule has 13 heavy (non-hydrogen) atoms. The minimum Gasteiger partial charge on any atom is -0.404 e. The molecule has 0 aromatic heterocycles. The fourth-order valence-electron chi connectivity index (χ4n) is 0.747. The molecule has 2 N–H and O–H groups in total. The number of benzene rings is 1. The molecule has 0 radical (unpaired) electrons. The minimum atomic E-state index is -0.259. The van der Waals surface area contributed by atoms with Crippen LogP contribution in [0.5, 0.6) is 0 Å². The number of aliphatic imine (C=N–C) groups is 1. The Kier molecular flexibility index (Phi) is 3.20. The Morgan fingerprint density at radius 3 is 2.54 bits per heavy atom. The minimum absolute atomic E-state index is 0.259. The molecule has 68 valence electrons. The second kappa shape index (κ2) is 4.40. The molecular formula is C10H11FN2. The molecule has 0 heterocycles. The van der Waals surface area contributed by atoms with Crippen LogP contribution < -0.4 is 5.73 Å². The van der Waals surface area contributed by atoms with Crippen molar-refractivity contribution in [3.8, 4) is 0 Å². The Hall–Kier alpha value is -1.64. The molecule has 2 nitrogen and oxygen atoms in total. The van der Waals surface area contributed by atoms with Crippen molar-refractivity contribution in [2.75, 3.05) is 0 Å². The SMILES string of the molecule is CC(C=Nc1ccc(F)cc1)=CN. The topological polar surface area (TPSA) is 38.4 Å². The number of hydrogen-bond acceptors (Lipinski definition) is 2. The smallest absolute Gasteiger partial charge is 0.123 e. The van der Waals surface area contributed by atoms with Crippen LogP contribution in [-0.2, 0) is 0 Å². The van der Waals surface area contributed by atoms with Crippen LogP contribution in [0.1, 0.15) is 6.92 Å². The lowest BCUT2D eigenvalue weighted by Crippen LogP contribution is -1.84. The number of rotatable bonds is 2. The molecule has 0 saturated heterocycles. The van der Waals surface area contributed by atoms with Crippen LogP contribution in [0.25, 0.3) is 0 Å². The maximum Gasteiger partial charge on any atom is 0.123 e. The van der Waals surface area contributed by atoms with Gasteiger partial charge in [-0.3, -0.25) is 4.99 Å². The Morgan fingerprint density at radius 2 is 2.00 bits per heavy atom. The average Bonchev–Trinajstić information content (AvgIpc) is 2.16. The third-order valence-corrected chi connectivity index (χ3v) is 1.51. The normalized spacial score (nSPS) is 12.3. The first-order valence-electron chi connectivity index (χ1n) is 3.90. The van der Waals surface area contributed by atoms with Crippen LogP contribution in [0, 0.1) is 5.82 Å². The van der Waals surface area contributed by atoms with Crippen molar-refractivity contribution in [3.05, 3.63) is 41.9 Å². The van der Waals surface area contributed by atoms with Crippen LogP contribution in [0.15, 0.2) is 41.0 Å². The Morgan fingerprint density at radius 1 is 1.38 bits per heavy atom. The summed E-state index contributed by atoms with van der Waals surface area (Å²) in [6, 6.07) is 5.95. The zero-order valence-corrected chi connectivity index (χ0v) is 7.37. The van der Waals surface area contributed by atoms with Crippen LogP contribution in [-0.4, -0.2) is 6.21 Å². The number of nitrogens with zero attached hydrogens (tertiary/aromatic N) is 1. The molecule has 0 aliphatic rings. The van der Waals surface area contributed by atoms with Gasteiger partial charge < -0.3 is 5.73 Å². The highest BCUT2D eigenvalue weighted by Gasteiger charge is 1.89. The van der Waals surface area contributed by atoms with Crippen molar-refractivity contribution in [3.63, 3.8) is 0 Å². The van der Waals surface area contributed by atoms with Crippen molar-refractivity contribution >= 4 is 11.9 Å². The first kappa shape index (κ1) is 9.45. The lowest BCUT2D eigenvalue weighted by molar-refractivity contribution is 0.628. The fraction of sp³-hybridized carbons (Fsp3) is 0.100. The second-order valence-corrected chi connectivity index (χ2v) is 2.65. The van der Waals surface area contributed by atoms with Gasteiger partial charge in [0, 0.05) is 6.21 Å². The lowest BCUT2D eigenvalue weighted by atomic mass is 10.3. The molecule has 0 atom stereocenters. The van der Waals surface area contributed by atoms with Gasteiger partial charge in [-0.25, -0.2) is 4.39 Å². The third-order valence-electron chi connectivity index (χ3n) is 1.51. The van der Waals surface area contributed by atoms with Crippen molar-refractivity contribution in [1.29, 1.82) is 0 Å². The van der Waals surface area contributed by atoms with E-state index in [1.807, 2.05) is 6.92 Å². The molecule has 1 aromatic rings. The molecule has 3 heteroatoms. The summed E-state index contributed by atoms with van der Waals surface area (Å²) in [5, 5.41) is 0. The van der Waals surface area contributed by atoms with Crippen LogP contribution in [0.2, 0.25) is 0 Å². The monoisotopic (exact) mass is 178 g/mol. The highest BCUT2D eigenvalue weighted by atomic mass is 19.1. The number of allylic oxidation sites excluding steroid dienone is 1. The third kappa shape index (κ3) is 3.07. The van der Waals surface area contributed by atoms with Gasteiger partial charge in [0.1, 0.15) is 5.82 Å². The van der Waals surface area contributed by atoms with Crippen molar-refractivity contribution in [2.24, 2.45) is 10.7 Å². The Bertz CT molecular complexity index is 325. The van der Waals surface area contributed by atoms with Crippen LogP contribution in [0.3, 0.4) is 0 Å². The number of nitrogens with two attached hydrogens (primary N) is 1. The molecule has 0 aliphatic heterocycles. The Labute approximate surface area is 76.6 Å². The van der Waals surface area contributed by atoms with Crippen LogP contribution in [0.4, 0.5) is 10.1 Å². The molecule has 0 fully saturated rings. The predicted octanol–water partition coefficient (Wildman–Crippen LogP) is 2.39. The van der Waals surface area contributed by atoms with E-state index in [0.717, 1.165) is 5.57 Å². The molecule has 1 rings (SSSR count). The van der Waals surface area contributed by atoms with E-state index < -0.39 is 0 Å². The molecular weight excluding hydrogens is 167 g/mol. The molecule has 0 bridgehead atoms. The quantitative estimate of drug-likeness (QED) is 0.694. The van der Waals surface area contributed by atoms with E-state index in [2.05, 4.69) is 4.99 Å². The maximum absolute atomic E-state index is 12.5. The van der Waals surface area contributed by atoms with Crippen molar-refractivity contribution in [1.82, 2.24) is 0 Å². The first-order valence-corrected chi connectivity index (χ1v) is 3.90. The van der Waals surface area contributed by atoms with Gasteiger partial charge in [-0.05, 0) is 43.0 Å². The summed E-state index contributed by atoms with van der Waals surface area (Å²) in [5.74, 6) is -0.259. The summed E-state index contributed by atoms with van der Waals surface area (Å²) in [7, 11) is 0. The average molecular weight is 178 g/mol. The summed E-state index contributed by atoms with van der Waals surface area (Å²) in [6.07, 6.45) is 3.10. The Balaban J connectivity index is 2.75. The first-order chi connectivity index (χ1) is 6.22.